The molecule has 4 rings (SSSR count). The van der Waals surface area contributed by atoms with Gasteiger partial charge in [0.15, 0.2) is 23.0 Å². The minimum absolute atomic E-state index is 0.00332. The van der Waals surface area contributed by atoms with E-state index in [4.69, 9.17) is 23.7 Å². The Hall–Kier alpha value is -3.13. The summed E-state index contributed by atoms with van der Waals surface area (Å²) in [5.74, 6) is 2.93. The van der Waals surface area contributed by atoms with Crippen LogP contribution in [-0.4, -0.2) is 47.1 Å². The lowest BCUT2D eigenvalue weighted by Gasteiger charge is -2.21. The molecule has 0 saturated carbocycles. The predicted octanol–water partition coefficient (Wildman–Crippen LogP) is 2.06. The average Bonchev–Trinajstić information content (AvgIpc) is 3.45. The highest BCUT2D eigenvalue weighted by molar-refractivity contribution is 5.80. The summed E-state index contributed by atoms with van der Waals surface area (Å²) in [4.78, 5) is 13.0. The van der Waals surface area contributed by atoms with Crippen molar-refractivity contribution in [1.29, 1.82) is 0 Å². The molecule has 2 aromatic carbocycles. The summed E-state index contributed by atoms with van der Waals surface area (Å²) in [5, 5.41) is 6.38. The van der Waals surface area contributed by atoms with Crippen LogP contribution in [0.15, 0.2) is 30.3 Å². The summed E-state index contributed by atoms with van der Waals surface area (Å²) < 4.78 is 27.1. The van der Waals surface area contributed by atoms with Crippen molar-refractivity contribution in [3.8, 4) is 28.7 Å². The monoisotopic (exact) mass is 414 g/mol. The van der Waals surface area contributed by atoms with E-state index in [1.165, 1.54) is 0 Å². The molecule has 0 aliphatic carbocycles. The number of carbonyl (C=O) groups is 1. The number of methoxy groups -OCH3 is 3. The summed E-state index contributed by atoms with van der Waals surface area (Å²) in [6.07, 6.45) is 0. The van der Waals surface area contributed by atoms with Crippen LogP contribution in [0, 0.1) is 5.92 Å². The maximum absolute atomic E-state index is 13.0. The Labute approximate surface area is 175 Å². The molecule has 2 aromatic rings. The number of hydrogen-bond acceptors (Lipinski definition) is 7. The third kappa shape index (κ3) is 3.82. The Bertz CT molecular complexity index is 907. The number of hydrogen-bond donors (Lipinski definition) is 2. The Balaban J connectivity index is 1.48. The van der Waals surface area contributed by atoms with E-state index in [1.54, 1.807) is 21.3 Å². The van der Waals surface area contributed by atoms with Crippen molar-refractivity contribution >= 4 is 5.91 Å². The lowest BCUT2D eigenvalue weighted by Crippen LogP contribution is -2.34. The number of benzene rings is 2. The minimum atomic E-state index is -0.207. The van der Waals surface area contributed by atoms with E-state index in [-0.39, 0.29) is 24.5 Å². The van der Waals surface area contributed by atoms with Crippen LogP contribution in [0.5, 0.6) is 28.7 Å². The summed E-state index contributed by atoms with van der Waals surface area (Å²) in [7, 11) is 4.75. The van der Waals surface area contributed by atoms with Crippen molar-refractivity contribution < 1.29 is 28.5 Å². The van der Waals surface area contributed by atoms with Gasteiger partial charge in [-0.3, -0.25) is 4.79 Å². The van der Waals surface area contributed by atoms with Gasteiger partial charge in [0.25, 0.3) is 0 Å². The fourth-order valence-electron chi connectivity index (χ4n) is 3.99. The Morgan fingerprint density at radius 1 is 1.03 bits per heavy atom. The van der Waals surface area contributed by atoms with Crippen LogP contribution in [0.2, 0.25) is 0 Å². The molecule has 30 heavy (non-hydrogen) atoms. The van der Waals surface area contributed by atoms with E-state index in [0.29, 0.717) is 42.6 Å². The van der Waals surface area contributed by atoms with E-state index in [2.05, 4.69) is 10.6 Å². The molecule has 1 saturated heterocycles. The molecule has 0 spiro atoms. The van der Waals surface area contributed by atoms with Gasteiger partial charge in [-0.25, -0.2) is 0 Å². The molecule has 1 fully saturated rings. The van der Waals surface area contributed by atoms with E-state index in [1.807, 2.05) is 30.3 Å². The molecule has 2 N–H and O–H groups in total. The summed E-state index contributed by atoms with van der Waals surface area (Å²) in [6, 6.07) is 9.51. The zero-order valence-electron chi connectivity index (χ0n) is 17.3. The van der Waals surface area contributed by atoms with Gasteiger partial charge in [-0.15, -0.1) is 0 Å². The first-order valence-corrected chi connectivity index (χ1v) is 9.81. The largest absolute Gasteiger partial charge is 0.493 e. The lowest BCUT2D eigenvalue weighted by molar-refractivity contribution is -0.125. The van der Waals surface area contributed by atoms with Gasteiger partial charge >= 0.3 is 0 Å². The Kier molecular flexibility index (Phi) is 5.85. The second-order valence-electron chi connectivity index (χ2n) is 7.24. The minimum Gasteiger partial charge on any atom is -0.493 e. The van der Waals surface area contributed by atoms with Crippen LogP contribution in [0.4, 0.5) is 0 Å². The molecule has 0 aromatic heterocycles. The summed E-state index contributed by atoms with van der Waals surface area (Å²) >= 11 is 0. The maximum Gasteiger partial charge on any atom is 0.231 e. The first-order valence-electron chi connectivity index (χ1n) is 9.81. The van der Waals surface area contributed by atoms with Crippen LogP contribution < -0.4 is 34.3 Å². The molecule has 2 aliphatic heterocycles. The Morgan fingerprint density at radius 3 is 2.47 bits per heavy atom. The van der Waals surface area contributed by atoms with Crippen molar-refractivity contribution in [1.82, 2.24) is 10.6 Å². The topological polar surface area (TPSA) is 87.3 Å². The van der Waals surface area contributed by atoms with Gasteiger partial charge in [0.1, 0.15) is 0 Å². The van der Waals surface area contributed by atoms with Gasteiger partial charge in [0.05, 0.1) is 27.2 Å². The molecule has 1 amide bonds. The van der Waals surface area contributed by atoms with Gasteiger partial charge in [-0.05, 0) is 35.4 Å². The predicted molar refractivity (Wildman–Crippen MR) is 110 cm³/mol. The Morgan fingerprint density at radius 2 is 1.77 bits per heavy atom. The molecule has 2 unspecified atom stereocenters. The van der Waals surface area contributed by atoms with Crippen molar-refractivity contribution in [2.24, 2.45) is 5.92 Å². The number of carbonyl (C=O) groups excluding carboxylic acids is 1. The van der Waals surface area contributed by atoms with Gasteiger partial charge in [-0.1, -0.05) is 6.07 Å². The lowest BCUT2D eigenvalue weighted by atomic mass is 9.87. The number of nitrogens with one attached hydrogen (secondary N) is 2. The molecular formula is C22H26N2O6. The van der Waals surface area contributed by atoms with E-state index in [0.717, 1.165) is 16.9 Å². The fourth-order valence-corrected chi connectivity index (χ4v) is 3.99. The highest BCUT2D eigenvalue weighted by Gasteiger charge is 2.35. The highest BCUT2D eigenvalue weighted by atomic mass is 16.7. The molecule has 2 heterocycles. The smallest absolute Gasteiger partial charge is 0.231 e. The zero-order chi connectivity index (χ0) is 21.1. The third-order valence-corrected chi connectivity index (χ3v) is 5.57. The molecule has 2 aliphatic rings. The molecule has 160 valence electrons. The number of rotatable bonds is 7. The summed E-state index contributed by atoms with van der Waals surface area (Å²) in [5.41, 5.74) is 1.93. The van der Waals surface area contributed by atoms with Crippen LogP contribution >= 0.6 is 0 Å². The molecular weight excluding hydrogens is 388 g/mol. The first-order chi connectivity index (χ1) is 14.6. The third-order valence-electron chi connectivity index (χ3n) is 5.57. The molecule has 8 heteroatoms. The summed E-state index contributed by atoms with van der Waals surface area (Å²) in [6.45, 7) is 1.96. The van der Waals surface area contributed by atoms with Gasteiger partial charge in [0, 0.05) is 25.6 Å². The molecule has 2 atom stereocenters. The number of amides is 1. The van der Waals surface area contributed by atoms with Gasteiger partial charge in [-0.2, -0.15) is 0 Å². The molecule has 0 radical (unpaired) electrons. The van der Waals surface area contributed by atoms with Crippen molar-refractivity contribution in [2.45, 2.75) is 12.5 Å². The van der Waals surface area contributed by atoms with E-state index < -0.39 is 0 Å². The highest BCUT2D eigenvalue weighted by Crippen LogP contribution is 2.42. The van der Waals surface area contributed by atoms with Gasteiger partial charge in [0.2, 0.25) is 18.4 Å². The van der Waals surface area contributed by atoms with Crippen molar-refractivity contribution in [3.05, 3.63) is 41.5 Å². The molecule has 8 nitrogen and oxygen atoms in total. The van der Waals surface area contributed by atoms with Crippen LogP contribution in [-0.2, 0) is 11.3 Å². The maximum atomic E-state index is 13.0. The number of ether oxygens (including phenoxy) is 5. The van der Waals surface area contributed by atoms with Crippen molar-refractivity contribution in [2.75, 3.05) is 41.2 Å². The zero-order valence-corrected chi connectivity index (χ0v) is 17.3. The number of fused-ring (bicyclic) bond motifs is 1. The van der Waals surface area contributed by atoms with Crippen molar-refractivity contribution in [3.63, 3.8) is 0 Å². The van der Waals surface area contributed by atoms with E-state index in [9.17, 15) is 4.79 Å². The normalized spacial score (nSPS) is 19.4. The first kappa shape index (κ1) is 20.2. The second kappa shape index (κ2) is 8.71. The SMILES string of the molecule is COc1cc(C2CNCC2C(=O)NCc2ccc3c(c2)OCO3)cc(OC)c1OC. The second-order valence-corrected chi connectivity index (χ2v) is 7.24. The van der Waals surface area contributed by atoms with Gasteiger partial charge < -0.3 is 34.3 Å². The van der Waals surface area contributed by atoms with Crippen LogP contribution in [0.25, 0.3) is 0 Å². The fraction of sp³-hybridized carbons (Fsp3) is 0.409. The van der Waals surface area contributed by atoms with Crippen LogP contribution in [0.1, 0.15) is 17.0 Å². The quantitative estimate of drug-likeness (QED) is 0.717. The van der Waals surface area contributed by atoms with E-state index >= 15 is 0 Å². The standard InChI is InChI=1S/C22H26N2O6/c1-26-19-7-14(8-20(27-2)21(19)28-3)15-10-23-11-16(15)22(25)24-9-13-4-5-17-18(6-13)30-12-29-17/h4-8,15-16,23H,9-12H2,1-3H3,(H,24,25). The molecule has 0 bridgehead atoms. The van der Waals surface area contributed by atoms with Crippen LogP contribution in [0.3, 0.4) is 0 Å². The average molecular weight is 414 g/mol.